The summed E-state index contributed by atoms with van der Waals surface area (Å²) in [6.07, 6.45) is 2.40. The normalized spacial score (nSPS) is 21.2. The minimum Gasteiger partial charge on any atom is -0.493 e. The van der Waals surface area contributed by atoms with Gasteiger partial charge in [0.1, 0.15) is 5.75 Å². The summed E-state index contributed by atoms with van der Waals surface area (Å²) in [6, 6.07) is 8.38. The maximum atomic E-state index is 5.56. The van der Waals surface area contributed by atoms with Crippen LogP contribution in [0.3, 0.4) is 0 Å². The Morgan fingerprint density at radius 3 is 3.08 bits per heavy atom. The van der Waals surface area contributed by atoms with Gasteiger partial charge < -0.3 is 4.74 Å². The van der Waals surface area contributed by atoms with Crippen LogP contribution in [0.2, 0.25) is 0 Å². The van der Waals surface area contributed by atoms with Gasteiger partial charge in [0.15, 0.2) is 0 Å². The number of para-hydroxylation sites is 1. The first-order valence-corrected chi connectivity index (χ1v) is 4.63. The van der Waals surface area contributed by atoms with Crippen molar-refractivity contribution < 1.29 is 4.74 Å². The second kappa shape index (κ2) is 3.18. The van der Waals surface area contributed by atoms with Gasteiger partial charge in [-0.05, 0) is 30.4 Å². The van der Waals surface area contributed by atoms with Crippen molar-refractivity contribution in [3.05, 3.63) is 29.8 Å². The molecule has 0 spiro atoms. The summed E-state index contributed by atoms with van der Waals surface area (Å²) in [6.45, 7) is 3.13. The molecule has 1 heterocycles. The Hall–Kier alpha value is -0.980. The molecule has 1 aromatic rings. The van der Waals surface area contributed by atoms with Crippen molar-refractivity contribution in [3.8, 4) is 5.75 Å². The molecule has 0 saturated carbocycles. The summed E-state index contributed by atoms with van der Waals surface area (Å²) in [5, 5.41) is 0. The molecule has 0 fully saturated rings. The molecule has 1 aliphatic heterocycles. The molecule has 0 unspecified atom stereocenters. The third-order valence-corrected chi connectivity index (χ3v) is 2.58. The highest BCUT2D eigenvalue weighted by Gasteiger charge is 2.18. The van der Waals surface area contributed by atoms with Gasteiger partial charge in [-0.25, -0.2) is 0 Å². The van der Waals surface area contributed by atoms with Gasteiger partial charge in [0.2, 0.25) is 0 Å². The molecule has 0 radical (unpaired) electrons. The molecule has 2 rings (SSSR count). The lowest BCUT2D eigenvalue weighted by molar-refractivity contribution is 0.265. The minimum absolute atomic E-state index is 0.718. The third-order valence-electron chi connectivity index (χ3n) is 2.58. The van der Waals surface area contributed by atoms with E-state index in [-0.39, 0.29) is 0 Å². The largest absolute Gasteiger partial charge is 0.493 e. The van der Waals surface area contributed by atoms with Crippen molar-refractivity contribution >= 4 is 0 Å². The van der Waals surface area contributed by atoms with E-state index in [1.54, 1.807) is 0 Å². The van der Waals surface area contributed by atoms with Gasteiger partial charge in [-0.2, -0.15) is 0 Å². The summed E-state index contributed by atoms with van der Waals surface area (Å²) in [5.41, 5.74) is 1.39. The van der Waals surface area contributed by atoms with Crippen LogP contribution in [0.5, 0.6) is 5.75 Å². The first-order chi connectivity index (χ1) is 5.92. The fourth-order valence-electron chi connectivity index (χ4n) is 1.84. The summed E-state index contributed by atoms with van der Waals surface area (Å²) in [5.74, 6) is 1.81. The highest BCUT2D eigenvalue weighted by atomic mass is 16.5. The van der Waals surface area contributed by atoms with Gasteiger partial charge >= 0.3 is 0 Å². The van der Waals surface area contributed by atoms with Crippen LogP contribution in [0, 0.1) is 0 Å². The topological polar surface area (TPSA) is 9.23 Å². The molecule has 1 atom stereocenters. The van der Waals surface area contributed by atoms with E-state index in [1.165, 1.54) is 18.4 Å². The predicted octanol–water partition coefficient (Wildman–Crippen LogP) is 2.96. The molecule has 0 bridgehead atoms. The Balaban J connectivity index is 2.37. The Morgan fingerprint density at radius 2 is 2.25 bits per heavy atom. The lowest BCUT2D eigenvalue weighted by Crippen LogP contribution is -2.13. The molecular formula is C11H14O. The van der Waals surface area contributed by atoms with E-state index < -0.39 is 0 Å². The molecule has 64 valence electrons. The molecular weight excluding hydrogens is 148 g/mol. The molecule has 0 saturated heterocycles. The average molecular weight is 162 g/mol. The number of rotatable bonds is 1. The standard InChI is InChI=1S/C11H14O/c1-2-9-7-8-12-11-6-4-3-5-10(9)11/h3-6,9H,2,7-8H2,1H3/t9-/m1/s1. The molecule has 0 amide bonds. The highest BCUT2D eigenvalue weighted by molar-refractivity contribution is 5.37. The highest BCUT2D eigenvalue weighted by Crippen LogP contribution is 2.34. The summed E-state index contributed by atoms with van der Waals surface area (Å²) in [4.78, 5) is 0. The van der Waals surface area contributed by atoms with E-state index in [9.17, 15) is 0 Å². The van der Waals surface area contributed by atoms with Crippen LogP contribution in [-0.2, 0) is 0 Å². The van der Waals surface area contributed by atoms with Crippen LogP contribution in [0.1, 0.15) is 31.2 Å². The Morgan fingerprint density at radius 1 is 1.42 bits per heavy atom. The number of hydrogen-bond donors (Lipinski definition) is 0. The van der Waals surface area contributed by atoms with Crippen molar-refractivity contribution in [2.45, 2.75) is 25.7 Å². The zero-order valence-electron chi connectivity index (χ0n) is 7.42. The quantitative estimate of drug-likeness (QED) is 0.617. The third kappa shape index (κ3) is 1.20. The first kappa shape index (κ1) is 7.66. The maximum Gasteiger partial charge on any atom is 0.122 e. The SMILES string of the molecule is CC[C@@H]1CCOc2ccccc21. The molecule has 12 heavy (non-hydrogen) atoms. The van der Waals surface area contributed by atoms with Crippen molar-refractivity contribution in [3.63, 3.8) is 0 Å². The van der Waals surface area contributed by atoms with Crippen LogP contribution in [-0.4, -0.2) is 6.61 Å². The van der Waals surface area contributed by atoms with Gasteiger partial charge in [0.05, 0.1) is 6.61 Å². The van der Waals surface area contributed by atoms with Crippen molar-refractivity contribution in [1.82, 2.24) is 0 Å². The predicted molar refractivity (Wildman–Crippen MR) is 49.6 cm³/mol. The van der Waals surface area contributed by atoms with Crippen LogP contribution < -0.4 is 4.74 Å². The maximum absolute atomic E-state index is 5.56. The molecule has 1 nitrogen and oxygen atoms in total. The van der Waals surface area contributed by atoms with Crippen molar-refractivity contribution in [1.29, 1.82) is 0 Å². The zero-order chi connectivity index (χ0) is 8.39. The number of fused-ring (bicyclic) bond motifs is 1. The van der Waals surface area contributed by atoms with Crippen molar-refractivity contribution in [2.75, 3.05) is 6.61 Å². The monoisotopic (exact) mass is 162 g/mol. The van der Waals surface area contributed by atoms with Gasteiger partial charge in [-0.15, -0.1) is 0 Å². The lowest BCUT2D eigenvalue weighted by Gasteiger charge is -2.24. The lowest BCUT2D eigenvalue weighted by atomic mass is 9.91. The Kier molecular flexibility index (Phi) is 2.03. The second-order valence-corrected chi connectivity index (χ2v) is 3.28. The van der Waals surface area contributed by atoms with E-state index in [2.05, 4.69) is 25.1 Å². The molecule has 0 aliphatic carbocycles. The van der Waals surface area contributed by atoms with E-state index in [1.807, 2.05) is 6.07 Å². The first-order valence-electron chi connectivity index (χ1n) is 4.63. The van der Waals surface area contributed by atoms with Crippen LogP contribution in [0.15, 0.2) is 24.3 Å². The molecule has 1 aliphatic rings. The Bertz CT molecular complexity index is 267. The fourth-order valence-corrected chi connectivity index (χ4v) is 1.84. The minimum atomic E-state index is 0.718. The van der Waals surface area contributed by atoms with Crippen molar-refractivity contribution in [2.24, 2.45) is 0 Å². The molecule has 1 aromatic carbocycles. The molecule has 0 aromatic heterocycles. The Labute approximate surface area is 73.4 Å². The zero-order valence-corrected chi connectivity index (χ0v) is 7.42. The van der Waals surface area contributed by atoms with Gasteiger partial charge in [-0.3, -0.25) is 0 Å². The van der Waals surface area contributed by atoms with E-state index in [0.29, 0.717) is 0 Å². The van der Waals surface area contributed by atoms with Gasteiger partial charge in [0, 0.05) is 0 Å². The van der Waals surface area contributed by atoms with Crippen LogP contribution in [0.25, 0.3) is 0 Å². The smallest absolute Gasteiger partial charge is 0.122 e. The van der Waals surface area contributed by atoms with Gasteiger partial charge in [-0.1, -0.05) is 25.1 Å². The van der Waals surface area contributed by atoms with Crippen LogP contribution in [0.4, 0.5) is 0 Å². The van der Waals surface area contributed by atoms with Crippen LogP contribution >= 0.6 is 0 Å². The number of ether oxygens (including phenoxy) is 1. The summed E-state index contributed by atoms with van der Waals surface area (Å²) in [7, 11) is 0. The molecule has 1 heteroatoms. The number of hydrogen-bond acceptors (Lipinski definition) is 1. The second-order valence-electron chi connectivity index (χ2n) is 3.28. The van der Waals surface area contributed by atoms with E-state index >= 15 is 0 Å². The van der Waals surface area contributed by atoms with Gasteiger partial charge in [0.25, 0.3) is 0 Å². The number of benzene rings is 1. The molecule has 0 N–H and O–H groups in total. The van der Waals surface area contributed by atoms with E-state index in [0.717, 1.165) is 18.3 Å². The summed E-state index contributed by atoms with van der Waals surface area (Å²) >= 11 is 0. The van der Waals surface area contributed by atoms with E-state index in [4.69, 9.17) is 4.74 Å². The average Bonchev–Trinajstić information content (AvgIpc) is 2.17. The fraction of sp³-hybridized carbons (Fsp3) is 0.455. The summed E-state index contributed by atoms with van der Waals surface area (Å²) < 4.78 is 5.56.